The lowest BCUT2D eigenvalue weighted by molar-refractivity contribution is -0.291. The van der Waals surface area contributed by atoms with Gasteiger partial charge in [-0.15, -0.1) is 0 Å². The average Bonchev–Trinajstić information content (AvgIpc) is 3.17. The topological polar surface area (TPSA) is 748 Å². The van der Waals surface area contributed by atoms with Crippen LogP contribution in [0.25, 0.3) is 0 Å². The Labute approximate surface area is 450 Å². The summed E-state index contributed by atoms with van der Waals surface area (Å²) in [7, 11) is -55.9. The maximum atomic E-state index is 12.3. The van der Waals surface area contributed by atoms with Crippen molar-refractivity contribution in [3.05, 3.63) is 0 Å². The van der Waals surface area contributed by atoms with E-state index in [1.807, 2.05) is 0 Å². The Bertz CT molecular complexity index is 3190. The lowest BCUT2D eigenvalue weighted by Gasteiger charge is -2.45. The molecule has 0 aromatic carbocycles. The van der Waals surface area contributed by atoms with Gasteiger partial charge in [0.1, 0.15) is 61.0 Å². The van der Waals surface area contributed by atoms with E-state index in [1.54, 1.807) is 0 Å². The first kappa shape index (κ1) is 74.0. The maximum Gasteiger partial charge on any atom is 0.397 e. The van der Waals surface area contributed by atoms with Crippen molar-refractivity contribution in [1.29, 1.82) is 0 Å². The highest BCUT2D eigenvalue weighted by molar-refractivity contribution is 7.83. The summed E-state index contributed by atoms with van der Waals surface area (Å²) in [5.74, 6) is -2.50. The molecule has 0 bridgehead atoms. The second-order valence-corrected chi connectivity index (χ2v) is 25.4. The summed E-state index contributed by atoms with van der Waals surface area (Å²) in [5, 5.41) is 0. The molecule has 9 N–H and O–H groups in total. The molecule has 1 saturated carbocycles. The molecule has 1 aliphatic carbocycles. The fourth-order valence-corrected chi connectivity index (χ4v) is 11.8. The summed E-state index contributed by atoms with van der Waals surface area (Å²) in [6, 6.07) is 0. The Hall–Kier alpha value is -1.08. The second-order valence-electron chi connectivity index (χ2n) is 14.0. The van der Waals surface area contributed by atoms with Gasteiger partial charge in [0.15, 0.2) is 12.4 Å². The Morgan fingerprint density at radius 1 is 0.430 bits per heavy atom. The number of hydrogen-bond acceptors (Lipinski definition) is 39. The fourth-order valence-electron chi connectivity index (χ4n) is 6.42. The van der Waals surface area contributed by atoms with E-state index >= 15 is 0 Å². The first-order valence-corrected chi connectivity index (χ1v) is 33.5. The van der Waals surface area contributed by atoms with Crippen molar-refractivity contribution < 1.29 is 207 Å². The van der Waals surface area contributed by atoms with E-state index in [-0.39, 0.29) is 0 Å². The quantitative estimate of drug-likeness (QED) is 0.0210. The zero-order chi connectivity index (χ0) is 61.5. The molecule has 1 aliphatic heterocycles. The third-order valence-corrected chi connectivity index (χ3v) is 13.9. The number of rotatable bonds is 35. The second kappa shape index (κ2) is 28.9. The third kappa shape index (κ3) is 30.0. The molecule has 472 valence electrons. The normalized spacial score (nSPS) is 28.3. The Balaban J connectivity index is 3.06. The van der Waals surface area contributed by atoms with Gasteiger partial charge in [-0.05, 0) is 6.42 Å². The van der Waals surface area contributed by atoms with Crippen LogP contribution in [-0.2, 0) is 192 Å². The van der Waals surface area contributed by atoms with Gasteiger partial charge in [-0.1, -0.05) is 0 Å². The van der Waals surface area contributed by atoms with Crippen LogP contribution in [0.3, 0.4) is 0 Å². The minimum Gasteiger partial charge on any atom is -0.750 e. The highest BCUT2D eigenvalue weighted by Gasteiger charge is 2.56. The molecule has 17 atom stereocenters. The smallest absolute Gasteiger partial charge is 0.397 e. The number of hydrogen-bond donors (Lipinski definition) is 9. The van der Waals surface area contributed by atoms with Gasteiger partial charge in [0.05, 0.1) is 66.6 Å². The van der Waals surface area contributed by atoms with Crippen molar-refractivity contribution in [2.24, 2.45) is 5.92 Å². The van der Waals surface area contributed by atoms with E-state index in [4.69, 9.17) is 23.3 Å². The molecule has 0 amide bonds. The van der Waals surface area contributed by atoms with E-state index in [0.29, 0.717) is 0 Å². The minimum absolute atomic E-state index is 1.62. The van der Waals surface area contributed by atoms with Crippen LogP contribution in [0.4, 0.5) is 0 Å². The van der Waals surface area contributed by atoms with Crippen molar-refractivity contribution in [3.63, 3.8) is 0 Å². The summed E-state index contributed by atoms with van der Waals surface area (Å²) in [6.45, 7) is -8.28. The van der Waals surface area contributed by atoms with Crippen LogP contribution in [0.1, 0.15) is 6.42 Å². The minimum atomic E-state index is -6.60. The monoisotopic (exact) mass is 1410 g/mol. The third-order valence-electron chi connectivity index (χ3n) is 8.60. The highest BCUT2D eigenvalue weighted by Crippen LogP contribution is 2.38. The molecular formula is C19H33O48S12-3. The molecule has 2 aliphatic rings. The van der Waals surface area contributed by atoms with Gasteiger partial charge in [0.25, 0.3) is 0 Å². The van der Waals surface area contributed by atoms with E-state index < -0.39 is 246 Å². The van der Waals surface area contributed by atoms with E-state index in [1.165, 1.54) is 0 Å². The molecule has 2 rings (SSSR count). The molecule has 60 heteroatoms. The predicted octanol–water partition coefficient (Wildman–Crippen LogP) is -9.37. The molecule has 1 heterocycles. The summed E-state index contributed by atoms with van der Waals surface area (Å²) in [6.07, 6.45) is -44.1. The Kier molecular flexibility index (Phi) is 27.1. The van der Waals surface area contributed by atoms with E-state index in [9.17, 15) is 134 Å². The highest BCUT2D eigenvalue weighted by atomic mass is 32.3. The van der Waals surface area contributed by atoms with Crippen LogP contribution in [-0.4, -0.2) is 249 Å². The maximum absolute atomic E-state index is 12.3. The van der Waals surface area contributed by atoms with Crippen molar-refractivity contribution in [1.82, 2.24) is 0 Å². The SMILES string of the molecule is O=S([O-])O[C@@H]1[C@@H](OS(=O)(=O)O)[C@H](OC[C@@H](OS(=O)[O-])[C@@H](OS(=O)(=O)O)[C@H](OS(=O)(=O)O)[C@@H](CO[C@@H]2C[C@H](COS(=O)(=O)O)[C@@H](OS(=O)(=O)O)[C@H](OS(=O)(=O)O)[C@H]2OS(=O)(=O)O)OS(=O)(=O)O)O[C@H](COS(=O)(=O)O)[C@H]1OS(=O)[O-]. The first-order chi connectivity index (χ1) is 35.2. The fraction of sp³-hybridized carbons (Fsp3) is 1.00. The summed E-state index contributed by atoms with van der Waals surface area (Å²) < 4.78 is 436. The largest absolute Gasteiger partial charge is 0.750 e. The number of ether oxygens (including phenoxy) is 3. The lowest BCUT2D eigenvalue weighted by Crippen LogP contribution is -2.63. The van der Waals surface area contributed by atoms with Gasteiger partial charge in [0.2, 0.25) is 0 Å². The molecule has 0 radical (unpaired) electrons. The molecule has 1 saturated heterocycles. The summed E-state index contributed by atoms with van der Waals surface area (Å²) >= 11 is -12.5. The lowest BCUT2D eigenvalue weighted by atomic mass is 9.81. The molecule has 2 fully saturated rings. The van der Waals surface area contributed by atoms with Gasteiger partial charge in [-0.2, -0.15) is 75.8 Å². The van der Waals surface area contributed by atoms with Gasteiger partial charge >= 0.3 is 93.6 Å². The molecular weight excluding hydrogens is 1380 g/mol. The van der Waals surface area contributed by atoms with Crippen LogP contribution in [0, 0.1) is 5.92 Å². The molecule has 3 unspecified atom stereocenters. The van der Waals surface area contributed by atoms with Gasteiger partial charge in [-0.3, -0.25) is 53.5 Å². The Morgan fingerprint density at radius 2 is 0.823 bits per heavy atom. The van der Waals surface area contributed by atoms with Crippen molar-refractivity contribution in [2.75, 3.05) is 26.4 Å². The average molecular weight is 1410 g/mol. The molecule has 48 nitrogen and oxygen atoms in total. The molecule has 0 aromatic heterocycles. The van der Waals surface area contributed by atoms with Gasteiger partial charge < -0.3 is 27.9 Å². The van der Waals surface area contributed by atoms with Gasteiger partial charge in [-0.25, -0.2) is 50.3 Å². The van der Waals surface area contributed by atoms with Gasteiger partial charge in [0, 0.05) is 5.92 Å². The summed E-state index contributed by atoms with van der Waals surface area (Å²) in [4.78, 5) is 0. The zero-order valence-corrected chi connectivity index (χ0v) is 46.3. The first-order valence-electron chi connectivity index (χ1n) is 18.2. The van der Waals surface area contributed by atoms with Crippen molar-refractivity contribution in [2.45, 2.75) is 86.0 Å². The van der Waals surface area contributed by atoms with Crippen LogP contribution < -0.4 is 0 Å². The molecule has 0 spiro atoms. The summed E-state index contributed by atoms with van der Waals surface area (Å²) in [5.41, 5.74) is 0. The molecule has 0 aromatic rings. The molecule has 79 heavy (non-hydrogen) atoms. The standard InChI is InChI=1S/C19H36O48S12/c20-68(21)58-9(3-54-19-18(67-79(50,51)52)16(60-70(24)25)12(59-69(22)23)8(57-19)5-56-72(29,30)31)14(64-76(41,42)43)15(65-77(44,45)46)10(61-73(32,33)34)4-53-7-1-6(2-55-71(26,27)28)11(62-74(35,36)37)17(66-78(47,48)49)13(7)63-75(38,39)40/h6-19H,1-5H2,(H,20,21)(H,22,23)(H,24,25)(H,26,27,28)(H,29,30,31)(H,32,33,34)(H,35,36,37)(H,38,39,40)(H,41,42,43)(H,44,45,46)(H,47,48,49)(H,50,51,52)/p-3/t6-,7-,8-,9-,10-,11-,12-,13+,14-,15-,16+,17+,18-,19-/m1/s1. The van der Waals surface area contributed by atoms with Crippen molar-refractivity contribution >= 4 is 128 Å². The van der Waals surface area contributed by atoms with Crippen LogP contribution in [0.15, 0.2) is 0 Å². The van der Waals surface area contributed by atoms with E-state index in [2.05, 4.69) is 50.2 Å². The van der Waals surface area contributed by atoms with Crippen LogP contribution in [0.2, 0.25) is 0 Å². The van der Waals surface area contributed by atoms with E-state index in [0.717, 1.165) is 0 Å². The zero-order valence-electron chi connectivity index (χ0n) is 36.5. The van der Waals surface area contributed by atoms with Crippen molar-refractivity contribution in [3.8, 4) is 0 Å². The Morgan fingerprint density at radius 3 is 1.24 bits per heavy atom. The van der Waals surface area contributed by atoms with Crippen LogP contribution >= 0.6 is 0 Å². The predicted molar refractivity (Wildman–Crippen MR) is 224 cm³/mol. The van der Waals surface area contributed by atoms with Crippen LogP contribution in [0.5, 0.6) is 0 Å².